The van der Waals surface area contributed by atoms with Gasteiger partial charge in [0.15, 0.2) is 17.3 Å². The van der Waals surface area contributed by atoms with Gasteiger partial charge in [-0.05, 0) is 61.9 Å². The van der Waals surface area contributed by atoms with Gasteiger partial charge in [0.2, 0.25) is 11.3 Å². The minimum absolute atomic E-state index is 0.0591. The molecule has 7 heteroatoms. The average molecular weight is 445 g/mol. The highest BCUT2D eigenvalue weighted by molar-refractivity contribution is 5.96. The minimum atomic E-state index is -0.193. The molecule has 7 nitrogen and oxygen atoms in total. The Bertz CT molecular complexity index is 1410. The number of hydrogen-bond acceptors (Lipinski definition) is 6. The van der Waals surface area contributed by atoms with Crippen LogP contribution in [0.25, 0.3) is 21.9 Å². The van der Waals surface area contributed by atoms with Crippen molar-refractivity contribution in [2.24, 2.45) is 0 Å². The molecule has 33 heavy (non-hydrogen) atoms. The maximum atomic E-state index is 12.8. The third-order valence-electron chi connectivity index (χ3n) is 5.24. The van der Waals surface area contributed by atoms with Crippen LogP contribution in [-0.4, -0.2) is 25.4 Å². The Kier molecular flexibility index (Phi) is 6.40. The third kappa shape index (κ3) is 4.87. The lowest BCUT2D eigenvalue weighted by atomic mass is 10.1. The van der Waals surface area contributed by atoms with E-state index in [0.29, 0.717) is 57.7 Å². The molecule has 0 bridgehead atoms. The lowest BCUT2D eigenvalue weighted by Crippen LogP contribution is -2.13. The van der Waals surface area contributed by atoms with Crippen LogP contribution in [0.3, 0.4) is 0 Å². The van der Waals surface area contributed by atoms with Crippen LogP contribution in [0.4, 0.5) is 5.69 Å². The van der Waals surface area contributed by atoms with Gasteiger partial charge in [0.05, 0.1) is 24.5 Å². The molecule has 0 radical (unpaired) electrons. The average Bonchev–Trinajstić information content (AvgIpc) is 2.82. The Morgan fingerprint density at radius 1 is 0.939 bits per heavy atom. The SMILES string of the molecule is COc1cc(C(C)=O)ccc1OCCCC(=O)Nc1ccc2oc3ccccc3c(=O)c2c1. The van der Waals surface area contributed by atoms with Crippen molar-refractivity contribution in [3.05, 3.63) is 76.5 Å². The largest absolute Gasteiger partial charge is 0.493 e. The minimum Gasteiger partial charge on any atom is -0.493 e. The second-order valence-corrected chi connectivity index (χ2v) is 7.56. The second kappa shape index (κ2) is 9.56. The van der Waals surface area contributed by atoms with Crippen molar-refractivity contribution in [3.8, 4) is 11.5 Å². The van der Waals surface area contributed by atoms with Crippen molar-refractivity contribution in [1.82, 2.24) is 0 Å². The van der Waals surface area contributed by atoms with E-state index in [0.717, 1.165) is 0 Å². The number of fused-ring (bicyclic) bond motifs is 2. The number of hydrogen-bond donors (Lipinski definition) is 1. The lowest BCUT2D eigenvalue weighted by molar-refractivity contribution is -0.116. The quantitative estimate of drug-likeness (QED) is 0.234. The fourth-order valence-electron chi connectivity index (χ4n) is 3.53. The molecule has 1 amide bonds. The van der Waals surface area contributed by atoms with Gasteiger partial charge in [-0.25, -0.2) is 0 Å². The standard InChI is InChI=1S/C26H23NO6/c1-16(28)17-9-11-23(24(14-17)31-2)32-13-5-8-25(29)27-18-10-12-22-20(15-18)26(30)19-6-3-4-7-21(19)33-22/h3-4,6-7,9-12,14-15H,5,8,13H2,1-2H3,(H,27,29). The zero-order valence-electron chi connectivity index (χ0n) is 18.3. The summed E-state index contributed by atoms with van der Waals surface area (Å²) in [7, 11) is 1.51. The van der Waals surface area contributed by atoms with Gasteiger partial charge >= 0.3 is 0 Å². The van der Waals surface area contributed by atoms with Crippen LogP contribution in [0.5, 0.6) is 11.5 Å². The van der Waals surface area contributed by atoms with Crippen LogP contribution < -0.4 is 20.2 Å². The van der Waals surface area contributed by atoms with Gasteiger partial charge in [-0.2, -0.15) is 0 Å². The number of carbonyl (C=O) groups excluding carboxylic acids is 2. The van der Waals surface area contributed by atoms with E-state index < -0.39 is 0 Å². The van der Waals surface area contributed by atoms with Crippen molar-refractivity contribution in [2.45, 2.75) is 19.8 Å². The van der Waals surface area contributed by atoms with Crippen molar-refractivity contribution in [3.63, 3.8) is 0 Å². The molecule has 1 N–H and O–H groups in total. The number of benzene rings is 3. The molecule has 4 aromatic rings. The van der Waals surface area contributed by atoms with Gasteiger partial charge in [-0.1, -0.05) is 12.1 Å². The van der Waals surface area contributed by atoms with E-state index in [9.17, 15) is 14.4 Å². The van der Waals surface area contributed by atoms with Crippen LogP contribution >= 0.6 is 0 Å². The fourth-order valence-corrected chi connectivity index (χ4v) is 3.53. The summed E-state index contributed by atoms with van der Waals surface area (Å²) >= 11 is 0. The number of methoxy groups -OCH3 is 1. The van der Waals surface area contributed by atoms with Crippen LogP contribution in [0.1, 0.15) is 30.1 Å². The molecule has 0 spiro atoms. The van der Waals surface area contributed by atoms with E-state index in [4.69, 9.17) is 13.9 Å². The number of rotatable bonds is 8. The molecule has 0 aliphatic carbocycles. The molecule has 0 atom stereocenters. The molecular formula is C26H23NO6. The van der Waals surface area contributed by atoms with E-state index in [-0.39, 0.29) is 23.5 Å². The number of para-hydroxylation sites is 1. The van der Waals surface area contributed by atoms with Crippen LogP contribution in [0.15, 0.2) is 69.9 Å². The normalized spacial score (nSPS) is 10.8. The molecule has 3 aromatic carbocycles. The van der Waals surface area contributed by atoms with Gasteiger partial charge in [0.1, 0.15) is 11.2 Å². The van der Waals surface area contributed by atoms with E-state index >= 15 is 0 Å². The summed E-state index contributed by atoms with van der Waals surface area (Å²) < 4.78 is 16.8. The summed E-state index contributed by atoms with van der Waals surface area (Å²) in [5.74, 6) is 0.726. The van der Waals surface area contributed by atoms with Crippen LogP contribution in [0, 0.1) is 0 Å². The smallest absolute Gasteiger partial charge is 0.224 e. The van der Waals surface area contributed by atoms with Crippen LogP contribution in [-0.2, 0) is 4.79 Å². The van der Waals surface area contributed by atoms with E-state index in [1.54, 1.807) is 54.6 Å². The molecule has 0 aliphatic rings. The first-order chi connectivity index (χ1) is 16.0. The first-order valence-electron chi connectivity index (χ1n) is 10.5. The van der Waals surface area contributed by atoms with E-state index in [1.165, 1.54) is 14.0 Å². The van der Waals surface area contributed by atoms with Gasteiger partial charge in [-0.3, -0.25) is 14.4 Å². The number of Topliss-reactive ketones (excluding diaryl/α,β-unsaturated/α-hetero) is 1. The molecule has 1 heterocycles. The molecule has 0 unspecified atom stereocenters. The van der Waals surface area contributed by atoms with Gasteiger partial charge < -0.3 is 19.2 Å². The van der Waals surface area contributed by atoms with Crippen molar-refractivity contribution in [2.75, 3.05) is 19.0 Å². The zero-order chi connectivity index (χ0) is 23.4. The molecule has 168 valence electrons. The van der Waals surface area contributed by atoms with Crippen molar-refractivity contribution >= 4 is 39.3 Å². The van der Waals surface area contributed by atoms with Gasteiger partial charge in [0.25, 0.3) is 0 Å². The second-order valence-electron chi connectivity index (χ2n) is 7.56. The van der Waals surface area contributed by atoms with Gasteiger partial charge in [0, 0.05) is 17.7 Å². The van der Waals surface area contributed by atoms with E-state index in [1.807, 2.05) is 6.07 Å². The first-order valence-corrected chi connectivity index (χ1v) is 10.5. The summed E-state index contributed by atoms with van der Waals surface area (Å²) in [5, 5.41) is 3.72. The Balaban J connectivity index is 1.36. The summed E-state index contributed by atoms with van der Waals surface area (Å²) in [4.78, 5) is 36.6. The Morgan fingerprint density at radius 2 is 1.73 bits per heavy atom. The highest BCUT2D eigenvalue weighted by Crippen LogP contribution is 2.28. The number of carbonyl (C=O) groups is 2. The monoisotopic (exact) mass is 445 g/mol. The fraction of sp³-hybridized carbons (Fsp3) is 0.192. The van der Waals surface area contributed by atoms with Crippen molar-refractivity contribution < 1.29 is 23.5 Å². The predicted molar refractivity (Wildman–Crippen MR) is 126 cm³/mol. The number of nitrogens with one attached hydrogen (secondary N) is 1. The van der Waals surface area contributed by atoms with Crippen LogP contribution in [0.2, 0.25) is 0 Å². The number of amides is 1. The molecule has 0 aliphatic heterocycles. The maximum absolute atomic E-state index is 12.8. The third-order valence-corrected chi connectivity index (χ3v) is 5.24. The zero-order valence-corrected chi connectivity index (χ0v) is 18.3. The molecule has 4 rings (SSSR count). The summed E-state index contributed by atoms with van der Waals surface area (Å²) in [5.41, 5.74) is 1.92. The molecule has 1 aromatic heterocycles. The number of ketones is 1. The summed E-state index contributed by atoms with van der Waals surface area (Å²) in [6.07, 6.45) is 0.710. The molecule has 0 saturated heterocycles. The molecule has 0 fully saturated rings. The summed E-state index contributed by atoms with van der Waals surface area (Å²) in [6.45, 7) is 1.79. The molecular weight excluding hydrogens is 422 g/mol. The first kappa shape index (κ1) is 22.1. The maximum Gasteiger partial charge on any atom is 0.224 e. The number of ether oxygens (including phenoxy) is 2. The Morgan fingerprint density at radius 3 is 2.52 bits per heavy atom. The highest BCUT2D eigenvalue weighted by Gasteiger charge is 2.11. The highest BCUT2D eigenvalue weighted by atomic mass is 16.5. The lowest BCUT2D eigenvalue weighted by Gasteiger charge is -2.11. The van der Waals surface area contributed by atoms with Crippen molar-refractivity contribution in [1.29, 1.82) is 0 Å². The van der Waals surface area contributed by atoms with E-state index in [2.05, 4.69) is 5.32 Å². The summed E-state index contributed by atoms with van der Waals surface area (Å²) in [6, 6.07) is 17.1. The Hall–Kier alpha value is -4.13. The predicted octanol–water partition coefficient (Wildman–Crippen LogP) is 4.96. The number of anilines is 1. The Labute approximate surface area is 189 Å². The topological polar surface area (TPSA) is 94.8 Å². The molecule has 0 saturated carbocycles. The van der Waals surface area contributed by atoms with Gasteiger partial charge in [-0.15, -0.1) is 0 Å².